The lowest BCUT2D eigenvalue weighted by molar-refractivity contribution is -0.274. The molecule has 2 aromatic carbocycles. The zero-order valence-corrected chi connectivity index (χ0v) is 16.4. The van der Waals surface area contributed by atoms with Crippen molar-refractivity contribution in [2.75, 3.05) is 6.61 Å². The van der Waals surface area contributed by atoms with Gasteiger partial charge in [0.25, 0.3) is 0 Å². The number of amides is 1. The van der Waals surface area contributed by atoms with E-state index in [9.17, 15) is 22.8 Å². The molecule has 160 valence electrons. The first-order valence-corrected chi connectivity index (χ1v) is 9.70. The molecule has 1 amide bonds. The number of nitrogens with one attached hydrogen (secondary N) is 1. The minimum Gasteiger partial charge on any atom is -0.465 e. The van der Waals surface area contributed by atoms with Crippen molar-refractivity contribution in [2.45, 2.75) is 38.6 Å². The highest BCUT2D eigenvalue weighted by atomic mass is 19.4. The molecule has 1 aliphatic rings. The van der Waals surface area contributed by atoms with Gasteiger partial charge in [-0.15, -0.1) is 13.2 Å². The van der Waals surface area contributed by atoms with Gasteiger partial charge in [-0.05, 0) is 41.7 Å². The summed E-state index contributed by atoms with van der Waals surface area (Å²) in [5, 5.41) is 2.82. The number of carbonyl (C=O) groups excluding carboxylic acids is 2. The molecule has 2 atom stereocenters. The van der Waals surface area contributed by atoms with Gasteiger partial charge in [0.15, 0.2) is 0 Å². The van der Waals surface area contributed by atoms with E-state index >= 15 is 0 Å². The molecule has 1 N–H and O–H groups in total. The summed E-state index contributed by atoms with van der Waals surface area (Å²) in [5.74, 6) is -1.94. The van der Waals surface area contributed by atoms with Crippen LogP contribution in [-0.2, 0) is 14.3 Å². The van der Waals surface area contributed by atoms with Crippen molar-refractivity contribution in [1.82, 2.24) is 5.32 Å². The number of ether oxygens (including phenoxy) is 2. The molecule has 5 nitrogen and oxygen atoms in total. The Kier molecular flexibility index (Phi) is 6.64. The summed E-state index contributed by atoms with van der Waals surface area (Å²) >= 11 is 0. The maximum atomic E-state index is 12.3. The highest BCUT2D eigenvalue weighted by Crippen LogP contribution is 2.31. The molecule has 0 aromatic heterocycles. The number of esters is 1. The lowest BCUT2D eigenvalue weighted by Crippen LogP contribution is -2.27. The molecular formula is C22H22F3NO4. The first-order chi connectivity index (χ1) is 14.3. The van der Waals surface area contributed by atoms with Gasteiger partial charge in [0.05, 0.1) is 12.6 Å². The maximum Gasteiger partial charge on any atom is 0.573 e. The summed E-state index contributed by atoms with van der Waals surface area (Å²) in [6, 6.07) is 12.6. The topological polar surface area (TPSA) is 64.6 Å². The Hall–Kier alpha value is -3.03. The van der Waals surface area contributed by atoms with E-state index in [4.69, 9.17) is 4.74 Å². The Morgan fingerprint density at radius 2 is 1.67 bits per heavy atom. The van der Waals surface area contributed by atoms with Crippen molar-refractivity contribution < 1.29 is 32.2 Å². The van der Waals surface area contributed by atoms with E-state index in [1.807, 2.05) is 31.2 Å². The Bertz CT molecular complexity index is 879. The van der Waals surface area contributed by atoms with Gasteiger partial charge in [-0.25, -0.2) is 0 Å². The van der Waals surface area contributed by atoms with Crippen molar-refractivity contribution >= 4 is 11.9 Å². The predicted molar refractivity (Wildman–Crippen MR) is 103 cm³/mol. The van der Waals surface area contributed by atoms with Crippen LogP contribution < -0.4 is 10.1 Å². The fraction of sp³-hybridized carbons (Fsp3) is 0.364. The molecule has 30 heavy (non-hydrogen) atoms. The molecule has 0 saturated carbocycles. The van der Waals surface area contributed by atoms with Crippen LogP contribution in [0.5, 0.6) is 5.75 Å². The second-order valence-corrected chi connectivity index (χ2v) is 7.06. The highest BCUT2D eigenvalue weighted by Gasteiger charge is 2.38. The molecular weight excluding hydrogens is 399 g/mol. The molecule has 1 aliphatic heterocycles. The van der Waals surface area contributed by atoms with Crippen molar-refractivity contribution in [3.63, 3.8) is 0 Å². The lowest BCUT2D eigenvalue weighted by atomic mass is 9.97. The smallest absolute Gasteiger partial charge is 0.465 e. The van der Waals surface area contributed by atoms with Gasteiger partial charge < -0.3 is 14.8 Å². The zero-order valence-electron chi connectivity index (χ0n) is 16.4. The van der Waals surface area contributed by atoms with Gasteiger partial charge in [0.1, 0.15) is 11.7 Å². The monoisotopic (exact) mass is 421 g/mol. The van der Waals surface area contributed by atoms with Crippen LogP contribution in [0.4, 0.5) is 13.2 Å². The molecule has 2 aromatic rings. The number of benzene rings is 2. The normalized spacial score (nSPS) is 18.7. The van der Waals surface area contributed by atoms with Crippen LogP contribution in [0.15, 0.2) is 48.5 Å². The van der Waals surface area contributed by atoms with Gasteiger partial charge in [-0.3, -0.25) is 9.59 Å². The fourth-order valence-corrected chi connectivity index (χ4v) is 3.27. The molecule has 3 rings (SSSR count). The van der Waals surface area contributed by atoms with Crippen LogP contribution in [0.3, 0.4) is 0 Å². The van der Waals surface area contributed by atoms with E-state index in [0.29, 0.717) is 13.0 Å². The Balaban J connectivity index is 1.63. The first-order valence-electron chi connectivity index (χ1n) is 9.70. The van der Waals surface area contributed by atoms with Gasteiger partial charge in [-0.2, -0.15) is 0 Å². The summed E-state index contributed by atoms with van der Waals surface area (Å²) in [5.41, 5.74) is 2.37. The van der Waals surface area contributed by atoms with E-state index < -0.39 is 18.2 Å². The van der Waals surface area contributed by atoms with E-state index in [-0.39, 0.29) is 17.7 Å². The third-order valence-electron chi connectivity index (χ3n) is 4.87. The standard InChI is InChI=1S/C22H22F3NO4/c1-2-3-12-29-21(28)18-13-19(26-20(18)27)16-6-4-14(5-7-16)15-8-10-17(11-9-15)30-22(23,24)25/h4-11,18-19H,2-3,12-13H2,1H3,(H,26,27). The van der Waals surface area contributed by atoms with Crippen LogP contribution in [0.2, 0.25) is 0 Å². The highest BCUT2D eigenvalue weighted by molar-refractivity contribution is 5.99. The summed E-state index contributed by atoms with van der Waals surface area (Å²) in [6.45, 7) is 2.30. The average molecular weight is 421 g/mol. The van der Waals surface area contributed by atoms with Crippen molar-refractivity contribution in [3.8, 4) is 16.9 Å². The quantitative estimate of drug-likeness (QED) is 0.397. The van der Waals surface area contributed by atoms with Crippen LogP contribution in [0.25, 0.3) is 11.1 Å². The Morgan fingerprint density at radius 3 is 2.23 bits per heavy atom. The van der Waals surface area contributed by atoms with Crippen LogP contribution >= 0.6 is 0 Å². The van der Waals surface area contributed by atoms with Crippen LogP contribution in [-0.4, -0.2) is 24.8 Å². The molecule has 0 aliphatic carbocycles. The second kappa shape index (κ2) is 9.19. The largest absolute Gasteiger partial charge is 0.573 e. The van der Waals surface area contributed by atoms with Crippen molar-refractivity contribution in [2.24, 2.45) is 5.92 Å². The summed E-state index contributed by atoms with van der Waals surface area (Å²) < 4.78 is 45.8. The minimum atomic E-state index is -4.73. The fourth-order valence-electron chi connectivity index (χ4n) is 3.27. The summed E-state index contributed by atoms with van der Waals surface area (Å²) in [4.78, 5) is 24.2. The third-order valence-corrected chi connectivity index (χ3v) is 4.87. The number of hydrogen-bond donors (Lipinski definition) is 1. The average Bonchev–Trinajstić information content (AvgIpc) is 3.09. The van der Waals surface area contributed by atoms with Gasteiger partial charge >= 0.3 is 12.3 Å². The summed E-state index contributed by atoms with van der Waals surface area (Å²) in [7, 11) is 0. The van der Waals surface area contributed by atoms with Crippen LogP contribution in [0, 0.1) is 5.92 Å². The number of alkyl halides is 3. The van der Waals surface area contributed by atoms with Gasteiger partial charge in [-0.1, -0.05) is 49.7 Å². The molecule has 8 heteroatoms. The Labute approximate surface area is 172 Å². The summed E-state index contributed by atoms with van der Waals surface area (Å²) in [6.07, 6.45) is -2.74. The molecule has 1 saturated heterocycles. The zero-order chi connectivity index (χ0) is 21.7. The van der Waals surface area contributed by atoms with Crippen molar-refractivity contribution in [1.29, 1.82) is 0 Å². The first kappa shape index (κ1) is 21.7. The predicted octanol–water partition coefficient (Wildman–Crippen LogP) is 4.77. The van der Waals surface area contributed by atoms with E-state index in [2.05, 4.69) is 10.1 Å². The van der Waals surface area contributed by atoms with Crippen LogP contribution in [0.1, 0.15) is 37.8 Å². The number of unbranched alkanes of at least 4 members (excludes halogenated alkanes) is 1. The van der Waals surface area contributed by atoms with E-state index in [0.717, 1.165) is 29.5 Å². The van der Waals surface area contributed by atoms with Gasteiger partial charge in [0, 0.05) is 0 Å². The van der Waals surface area contributed by atoms with Crippen molar-refractivity contribution in [3.05, 3.63) is 54.1 Å². The number of carbonyl (C=O) groups is 2. The SMILES string of the molecule is CCCCOC(=O)C1CC(c2ccc(-c3ccc(OC(F)(F)F)cc3)cc2)NC1=O. The minimum absolute atomic E-state index is 0.284. The van der Waals surface area contributed by atoms with E-state index in [1.54, 1.807) is 0 Å². The molecule has 1 heterocycles. The molecule has 1 fully saturated rings. The molecule has 0 radical (unpaired) electrons. The lowest BCUT2D eigenvalue weighted by Gasteiger charge is -2.12. The Morgan fingerprint density at radius 1 is 1.07 bits per heavy atom. The number of halogens is 3. The number of rotatable bonds is 7. The van der Waals surface area contributed by atoms with E-state index in [1.165, 1.54) is 24.3 Å². The maximum absolute atomic E-state index is 12.3. The second-order valence-electron chi connectivity index (χ2n) is 7.06. The number of hydrogen-bond acceptors (Lipinski definition) is 4. The molecule has 2 unspecified atom stereocenters. The third kappa shape index (κ3) is 5.52. The van der Waals surface area contributed by atoms with Gasteiger partial charge in [0.2, 0.25) is 5.91 Å². The molecule has 0 spiro atoms. The molecule has 0 bridgehead atoms.